The zero-order chi connectivity index (χ0) is 56.4. The Labute approximate surface area is 478 Å². The molecule has 454 valence electrons. The Hall–Kier alpha value is -1.77. The number of hydrogen-bond acceptors (Lipinski definition) is 7. The van der Waals surface area contributed by atoms with Crippen molar-refractivity contribution >= 4 is 19.7 Å². The molecule has 0 radical (unpaired) electrons. The molecule has 0 saturated heterocycles. The molecule has 1 amide bonds. The number of nitrogens with one attached hydrogen (secondary N) is 1. The molecule has 0 heterocycles. The zero-order valence-electron chi connectivity index (χ0n) is 51.9. The van der Waals surface area contributed by atoms with Crippen molar-refractivity contribution < 1.29 is 37.3 Å². The van der Waals surface area contributed by atoms with Gasteiger partial charge in [0.15, 0.2) is 0 Å². The molecule has 3 unspecified atom stereocenters. The number of nitrogens with zero attached hydrogens (tertiary/aromatic N) is 1. The summed E-state index contributed by atoms with van der Waals surface area (Å²) in [5.74, 6) is -0.528. The van der Waals surface area contributed by atoms with Gasteiger partial charge >= 0.3 is 5.97 Å². The predicted octanol–water partition coefficient (Wildman–Crippen LogP) is 20.0. The number of unbranched alkanes of at least 4 members (excludes halogenated alkanes) is 41. The summed E-state index contributed by atoms with van der Waals surface area (Å²) in [5.41, 5.74) is 0. The molecule has 0 aromatic heterocycles. The molecule has 9 nitrogen and oxygen atoms in total. The Morgan fingerprint density at radius 3 is 1.19 bits per heavy atom. The van der Waals surface area contributed by atoms with Crippen LogP contribution in [-0.4, -0.2) is 69.4 Å². The van der Waals surface area contributed by atoms with Crippen molar-refractivity contribution in [2.24, 2.45) is 0 Å². The van der Waals surface area contributed by atoms with Crippen LogP contribution in [0, 0.1) is 0 Å². The van der Waals surface area contributed by atoms with Crippen LogP contribution in [0.1, 0.15) is 329 Å². The van der Waals surface area contributed by atoms with Crippen molar-refractivity contribution in [1.29, 1.82) is 0 Å². The van der Waals surface area contributed by atoms with Gasteiger partial charge in [-0.05, 0) is 63.9 Å². The Morgan fingerprint density at radius 1 is 0.455 bits per heavy atom. The van der Waals surface area contributed by atoms with Crippen LogP contribution in [0.3, 0.4) is 0 Å². The number of ether oxygens (including phenoxy) is 1. The minimum absolute atomic E-state index is 0.0203. The van der Waals surface area contributed by atoms with Crippen LogP contribution in [-0.2, 0) is 27.9 Å². The Morgan fingerprint density at radius 2 is 0.792 bits per heavy atom. The minimum Gasteiger partial charge on any atom is -0.756 e. The lowest BCUT2D eigenvalue weighted by Crippen LogP contribution is -2.47. The number of carbonyl (C=O) groups is 2. The van der Waals surface area contributed by atoms with Gasteiger partial charge in [0.2, 0.25) is 5.91 Å². The zero-order valence-corrected chi connectivity index (χ0v) is 52.8. The van der Waals surface area contributed by atoms with Crippen molar-refractivity contribution in [3.63, 3.8) is 0 Å². The van der Waals surface area contributed by atoms with Crippen LogP contribution in [0.5, 0.6) is 0 Å². The number of phosphoric ester groups is 1. The molecule has 1 N–H and O–H groups in total. The molecule has 0 spiro atoms. The average Bonchev–Trinajstić information content (AvgIpc) is 3.39. The lowest BCUT2D eigenvalue weighted by molar-refractivity contribution is -0.870. The first-order valence-corrected chi connectivity index (χ1v) is 34.8. The van der Waals surface area contributed by atoms with Crippen LogP contribution >= 0.6 is 7.82 Å². The van der Waals surface area contributed by atoms with Gasteiger partial charge in [0.05, 0.1) is 33.8 Å². The van der Waals surface area contributed by atoms with Gasteiger partial charge in [-0.25, -0.2) is 0 Å². The fourth-order valence-corrected chi connectivity index (χ4v) is 10.6. The second kappa shape index (κ2) is 57.5. The standard InChI is InChI=1S/C67H129N2O7P/c1-7-10-13-16-19-22-25-28-30-32-34-36-38-41-44-47-50-53-56-59-66(70)68-64(63-75-77(72,73)74-62-61-69(4,5)6)65(58-55-52-49-46-43-40-27-24-21-18-15-12-9-3)76-67(71)60-57-54-51-48-45-42-39-37-35-33-31-29-26-23-20-17-14-11-8-2/h20,23,29,31,55,58,64-65H,7-19,21-22,24-28,30,32-54,56-57,59-63H2,1-6H3,(H-,68,70,72,73)/b23-20-,31-29-,58-55+. The van der Waals surface area contributed by atoms with Crippen LogP contribution in [0.2, 0.25) is 0 Å². The van der Waals surface area contributed by atoms with E-state index in [9.17, 15) is 19.0 Å². The van der Waals surface area contributed by atoms with Gasteiger partial charge in [-0.3, -0.25) is 14.2 Å². The first-order chi connectivity index (χ1) is 37.4. The summed E-state index contributed by atoms with van der Waals surface area (Å²) in [6.45, 7) is 6.87. The topological polar surface area (TPSA) is 114 Å². The van der Waals surface area contributed by atoms with Crippen LogP contribution in [0.15, 0.2) is 36.5 Å². The second-order valence-corrected chi connectivity index (χ2v) is 25.4. The van der Waals surface area contributed by atoms with Crippen LogP contribution in [0.25, 0.3) is 0 Å². The Kier molecular flexibility index (Phi) is 56.1. The average molecular weight is 1110 g/mol. The number of carbonyl (C=O) groups excluding carboxylic acids is 2. The molecule has 0 rings (SSSR count). The number of amides is 1. The molecule has 0 aromatic rings. The third kappa shape index (κ3) is 58.7. The Balaban J connectivity index is 5.19. The van der Waals surface area contributed by atoms with E-state index in [0.717, 1.165) is 64.2 Å². The quantitative estimate of drug-likeness (QED) is 0.0212. The third-order valence-electron chi connectivity index (χ3n) is 15.1. The van der Waals surface area contributed by atoms with Crippen molar-refractivity contribution in [2.45, 2.75) is 341 Å². The van der Waals surface area contributed by atoms with E-state index in [2.05, 4.69) is 50.4 Å². The third-order valence-corrected chi connectivity index (χ3v) is 16.0. The van der Waals surface area contributed by atoms with Gasteiger partial charge in [0, 0.05) is 12.8 Å². The van der Waals surface area contributed by atoms with Crippen molar-refractivity contribution in [2.75, 3.05) is 40.9 Å². The summed E-state index contributed by atoms with van der Waals surface area (Å²) < 4.78 is 30.4. The first-order valence-electron chi connectivity index (χ1n) is 33.3. The number of likely N-dealkylation sites (N-methyl/N-ethyl adjacent to an activating group) is 1. The Bertz CT molecular complexity index is 1410. The van der Waals surface area contributed by atoms with E-state index in [1.165, 1.54) is 231 Å². The van der Waals surface area contributed by atoms with Crippen molar-refractivity contribution in [3.8, 4) is 0 Å². The number of hydrogen-bond donors (Lipinski definition) is 1. The molecule has 3 atom stereocenters. The summed E-state index contributed by atoms with van der Waals surface area (Å²) >= 11 is 0. The number of phosphoric acid groups is 1. The van der Waals surface area contributed by atoms with Gasteiger partial charge in [-0.1, -0.05) is 289 Å². The van der Waals surface area contributed by atoms with Gasteiger partial charge in [-0.15, -0.1) is 0 Å². The lowest BCUT2D eigenvalue weighted by Gasteiger charge is -2.30. The van der Waals surface area contributed by atoms with Crippen LogP contribution < -0.4 is 10.2 Å². The molecule has 10 heteroatoms. The monoisotopic (exact) mass is 1100 g/mol. The molecular weight excluding hydrogens is 976 g/mol. The molecule has 0 aliphatic rings. The van der Waals surface area contributed by atoms with Crippen molar-refractivity contribution in [1.82, 2.24) is 5.32 Å². The highest BCUT2D eigenvalue weighted by atomic mass is 31.2. The molecular formula is C67H129N2O7P. The molecule has 0 aromatic carbocycles. The second-order valence-electron chi connectivity index (χ2n) is 24.0. The van der Waals surface area contributed by atoms with E-state index in [0.29, 0.717) is 17.4 Å². The smallest absolute Gasteiger partial charge is 0.306 e. The highest BCUT2D eigenvalue weighted by molar-refractivity contribution is 7.45. The number of esters is 1. The maximum atomic E-state index is 13.6. The number of quaternary nitrogens is 1. The van der Waals surface area contributed by atoms with E-state index in [1.54, 1.807) is 0 Å². The molecule has 77 heavy (non-hydrogen) atoms. The number of rotatable bonds is 61. The van der Waals surface area contributed by atoms with E-state index in [-0.39, 0.29) is 31.5 Å². The maximum absolute atomic E-state index is 13.6. The van der Waals surface area contributed by atoms with Crippen LogP contribution in [0.4, 0.5) is 0 Å². The predicted molar refractivity (Wildman–Crippen MR) is 330 cm³/mol. The van der Waals surface area contributed by atoms with E-state index >= 15 is 0 Å². The van der Waals surface area contributed by atoms with Gasteiger partial charge in [0.1, 0.15) is 19.3 Å². The van der Waals surface area contributed by atoms with Crippen molar-refractivity contribution in [3.05, 3.63) is 36.5 Å². The summed E-state index contributed by atoms with van der Waals surface area (Å²) in [4.78, 5) is 40.1. The normalized spacial score (nSPS) is 13.8. The largest absolute Gasteiger partial charge is 0.756 e. The minimum atomic E-state index is -4.70. The molecule has 0 aliphatic heterocycles. The van der Waals surface area contributed by atoms with Gasteiger partial charge in [-0.2, -0.15) is 0 Å². The molecule has 0 fully saturated rings. The summed E-state index contributed by atoms with van der Waals surface area (Å²) in [7, 11) is 1.20. The van der Waals surface area contributed by atoms with Gasteiger partial charge < -0.3 is 28.5 Å². The first kappa shape index (κ1) is 75.2. The van der Waals surface area contributed by atoms with E-state index in [1.807, 2.05) is 33.3 Å². The maximum Gasteiger partial charge on any atom is 0.306 e. The fourth-order valence-electron chi connectivity index (χ4n) is 9.91. The highest BCUT2D eigenvalue weighted by Gasteiger charge is 2.27. The highest BCUT2D eigenvalue weighted by Crippen LogP contribution is 2.38. The van der Waals surface area contributed by atoms with E-state index in [4.69, 9.17) is 13.8 Å². The molecule has 0 bridgehead atoms. The SMILES string of the molecule is CCCCC/C=C\C/C=C\CCCCCCCCCCCC(=O)OC(/C=C/CCCCCCCCCCCCC)C(COP(=O)([O-])OCC[N+](C)(C)C)NC(=O)CCCCCCCCCCCCCCCCCCCCC. The molecule has 0 aliphatic carbocycles. The summed E-state index contributed by atoms with van der Waals surface area (Å²) in [5, 5.41) is 3.04. The lowest BCUT2D eigenvalue weighted by atomic mass is 10.0. The molecule has 0 saturated carbocycles. The summed E-state index contributed by atoms with van der Waals surface area (Å²) in [6.07, 6.45) is 69.6. The summed E-state index contributed by atoms with van der Waals surface area (Å²) in [6, 6.07) is -0.886. The van der Waals surface area contributed by atoms with E-state index < -0.39 is 20.0 Å². The number of allylic oxidation sites excluding steroid dienone is 5. The fraction of sp³-hybridized carbons (Fsp3) is 0.881. The van der Waals surface area contributed by atoms with Gasteiger partial charge in [0.25, 0.3) is 7.82 Å².